The molecule has 0 heterocycles. The van der Waals surface area contributed by atoms with E-state index in [1.165, 1.54) is 51.7 Å². The summed E-state index contributed by atoms with van der Waals surface area (Å²) in [7, 11) is 1.88. The Morgan fingerprint density at radius 3 is 1.95 bits per heavy atom. The third kappa shape index (κ3) is 10.1. The summed E-state index contributed by atoms with van der Waals surface area (Å²) in [6.07, 6.45) is 8.47. The average Bonchev–Trinajstić information content (AvgIpc) is 2.40. The number of rotatable bonds is 13. The van der Waals surface area contributed by atoms with Crippen LogP contribution < -0.4 is 5.32 Å². The lowest BCUT2D eigenvalue weighted by molar-refractivity contribution is -0.119. The van der Waals surface area contributed by atoms with E-state index in [9.17, 15) is 4.79 Å². The second-order valence-corrected chi connectivity index (χ2v) is 5.50. The van der Waals surface area contributed by atoms with Crippen LogP contribution in [0.25, 0.3) is 0 Å². The van der Waals surface area contributed by atoms with Crippen molar-refractivity contribution in [3.63, 3.8) is 0 Å². The van der Waals surface area contributed by atoms with Crippen LogP contribution >= 0.6 is 0 Å². The van der Waals surface area contributed by atoms with E-state index < -0.39 is 0 Å². The van der Waals surface area contributed by atoms with Gasteiger partial charge in [0.1, 0.15) is 5.78 Å². The number of nitrogens with one attached hydrogen (secondary N) is 1. The second-order valence-electron chi connectivity index (χ2n) is 5.50. The van der Waals surface area contributed by atoms with Crippen LogP contribution in [0.15, 0.2) is 0 Å². The molecule has 0 aliphatic rings. The zero-order valence-electron chi connectivity index (χ0n) is 13.5. The summed E-state index contributed by atoms with van der Waals surface area (Å²) < 4.78 is 0. The maximum Gasteiger partial charge on any atom is 0.146 e. The van der Waals surface area contributed by atoms with E-state index in [0.717, 1.165) is 12.8 Å². The van der Waals surface area contributed by atoms with Crippen LogP contribution in [0.3, 0.4) is 0 Å². The first-order valence-electron chi connectivity index (χ1n) is 8.05. The molecule has 0 spiro atoms. The number of ketones is 1. The molecule has 0 saturated heterocycles. The molecule has 3 nitrogen and oxygen atoms in total. The molecule has 114 valence electrons. The summed E-state index contributed by atoms with van der Waals surface area (Å²) in [5, 5.41) is 3.10. The highest BCUT2D eigenvalue weighted by Gasteiger charge is 2.11. The fourth-order valence-electron chi connectivity index (χ4n) is 2.33. The summed E-state index contributed by atoms with van der Waals surface area (Å²) in [5.41, 5.74) is 0. The molecular weight excluding hydrogens is 236 g/mol. The number of nitrogens with zero attached hydrogens (tertiary/aromatic N) is 1. The molecule has 1 atom stereocenters. The molecule has 3 heteroatoms. The minimum Gasteiger partial charge on any atom is -0.311 e. The van der Waals surface area contributed by atoms with Crippen molar-refractivity contribution in [2.24, 2.45) is 0 Å². The third-order valence-corrected chi connectivity index (χ3v) is 3.71. The first kappa shape index (κ1) is 18.6. The van der Waals surface area contributed by atoms with Crippen molar-refractivity contribution < 1.29 is 4.79 Å². The van der Waals surface area contributed by atoms with E-state index in [4.69, 9.17) is 0 Å². The molecule has 0 radical (unpaired) electrons. The minimum absolute atomic E-state index is 0.0553. The average molecular weight is 270 g/mol. The lowest BCUT2D eigenvalue weighted by Gasteiger charge is -2.22. The lowest BCUT2D eigenvalue weighted by atomic mass is 10.1. The van der Waals surface area contributed by atoms with Gasteiger partial charge in [-0.1, -0.05) is 33.1 Å². The van der Waals surface area contributed by atoms with Crippen molar-refractivity contribution in [1.82, 2.24) is 10.2 Å². The molecule has 1 N–H and O–H groups in total. The number of hydrogen-bond donors (Lipinski definition) is 1. The summed E-state index contributed by atoms with van der Waals surface area (Å²) in [5.74, 6) is 0.260. The summed E-state index contributed by atoms with van der Waals surface area (Å²) in [4.78, 5) is 13.9. The molecule has 0 rings (SSSR count). The largest absolute Gasteiger partial charge is 0.311 e. The number of unbranched alkanes of at least 4 members (excludes halogenated alkanes) is 3. The van der Waals surface area contributed by atoms with Crippen molar-refractivity contribution >= 4 is 5.78 Å². The lowest BCUT2D eigenvalue weighted by Crippen LogP contribution is -2.32. The molecule has 0 aliphatic carbocycles. The van der Waals surface area contributed by atoms with Gasteiger partial charge >= 0.3 is 0 Å². The van der Waals surface area contributed by atoms with Crippen LogP contribution in [0.2, 0.25) is 0 Å². The Labute approximate surface area is 120 Å². The van der Waals surface area contributed by atoms with Crippen molar-refractivity contribution in [1.29, 1.82) is 0 Å². The fourth-order valence-corrected chi connectivity index (χ4v) is 2.33. The Bertz CT molecular complexity index is 211. The smallest absolute Gasteiger partial charge is 0.146 e. The first-order valence-corrected chi connectivity index (χ1v) is 8.05. The normalized spacial score (nSPS) is 12.9. The summed E-state index contributed by atoms with van der Waals surface area (Å²) >= 11 is 0. The van der Waals surface area contributed by atoms with E-state index in [1.54, 1.807) is 6.92 Å². The minimum atomic E-state index is 0.0553. The van der Waals surface area contributed by atoms with Crippen molar-refractivity contribution in [3.05, 3.63) is 0 Å². The van der Waals surface area contributed by atoms with Gasteiger partial charge in [-0.15, -0.1) is 0 Å². The number of likely N-dealkylation sites (N-methyl/N-ethyl adjacent to an activating group) is 1. The Balaban J connectivity index is 3.80. The van der Waals surface area contributed by atoms with E-state index in [1.807, 2.05) is 7.05 Å². The highest BCUT2D eigenvalue weighted by atomic mass is 16.1. The van der Waals surface area contributed by atoms with Crippen LogP contribution in [0.5, 0.6) is 0 Å². The van der Waals surface area contributed by atoms with E-state index in [-0.39, 0.29) is 11.8 Å². The molecule has 0 amide bonds. The van der Waals surface area contributed by atoms with Gasteiger partial charge in [-0.05, 0) is 59.3 Å². The molecule has 0 aromatic carbocycles. The Kier molecular flexibility index (Phi) is 12.3. The maximum absolute atomic E-state index is 11.3. The van der Waals surface area contributed by atoms with Gasteiger partial charge in [0.25, 0.3) is 0 Å². The molecule has 19 heavy (non-hydrogen) atoms. The zero-order chi connectivity index (χ0) is 14.5. The molecular formula is C16H34N2O. The molecule has 0 unspecified atom stereocenters. The summed E-state index contributed by atoms with van der Waals surface area (Å²) in [6, 6.07) is 0.0553. The highest BCUT2D eigenvalue weighted by molar-refractivity contribution is 5.81. The Hall–Kier alpha value is -0.410. The number of hydrogen-bond acceptors (Lipinski definition) is 3. The number of carbonyl (C=O) groups excluding carboxylic acids is 1. The topological polar surface area (TPSA) is 32.3 Å². The van der Waals surface area contributed by atoms with Gasteiger partial charge in [0.2, 0.25) is 0 Å². The van der Waals surface area contributed by atoms with Crippen LogP contribution in [-0.4, -0.2) is 43.4 Å². The first-order chi connectivity index (χ1) is 9.15. The van der Waals surface area contributed by atoms with Gasteiger partial charge in [-0.2, -0.15) is 0 Å². The quantitative estimate of drug-likeness (QED) is 0.521. The van der Waals surface area contributed by atoms with Gasteiger partial charge in [0.15, 0.2) is 0 Å². The highest BCUT2D eigenvalue weighted by Crippen LogP contribution is 2.06. The number of carbonyl (C=O) groups is 1. The van der Waals surface area contributed by atoms with Crippen molar-refractivity contribution in [3.8, 4) is 0 Å². The molecule has 0 aromatic rings. The van der Waals surface area contributed by atoms with E-state index in [2.05, 4.69) is 24.1 Å². The van der Waals surface area contributed by atoms with Gasteiger partial charge in [0, 0.05) is 0 Å². The predicted molar refractivity (Wildman–Crippen MR) is 83.6 cm³/mol. The van der Waals surface area contributed by atoms with Crippen LogP contribution in [0.4, 0.5) is 0 Å². The van der Waals surface area contributed by atoms with Gasteiger partial charge < -0.3 is 10.2 Å². The maximum atomic E-state index is 11.3. The molecule has 0 bridgehead atoms. The number of Topliss-reactive ketones (excluding diaryl/α,β-unsaturated/α-hetero) is 1. The Morgan fingerprint density at radius 2 is 1.53 bits per heavy atom. The monoisotopic (exact) mass is 270 g/mol. The Morgan fingerprint density at radius 1 is 1.00 bits per heavy atom. The fraction of sp³-hybridized carbons (Fsp3) is 0.938. The third-order valence-electron chi connectivity index (χ3n) is 3.71. The molecule has 0 fully saturated rings. The van der Waals surface area contributed by atoms with Crippen LogP contribution in [0.1, 0.15) is 65.7 Å². The molecule has 0 saturated carbocycles. The SMILES string of the molecule is CCCCN(CCCC)CCCC[C@H](NC)C(C)=O. The second kappa shape index (κ2) is 12.6. The van der Waals surface area contributed by atoms with Crippen LogP contribution in [-0.2, 0) is 4.79 Å². The van der Waals surface area contributed by atoms with Crippen molar-refractivity contribution in [2.45, 2.75) is 71.8 Å². The predicted octanol–water partition coefficient (Wildman–Crippen LogP) is 3.24. The zero-order valence-corrected chi connectivity index (χ0v) is 13.5. The molecule has 0 aliphatic heterocycles. The summed E-state index contributed by atoms with van der Waals surface area (Å²) in [6.45, 7) is 9.84. The van der Waals surface area contributed by atoms with Crippen molar-refractivity contribution in [2.75, 3.05) is 26.7 Å². The van der Waals surface area contributed by atoms with Gasteiger partial charge in [0.05, 0.1) is 6.04 Å². The van der Waals surface area contributed by atoms with Crippen LogP contribution in [0, 0.1) is 0 Å². The van der Waals surface area contributed by atoms with Gasteiger partial charge in [-0.25, -0.2) is 0 Å². The molecule has 0 aromatic heterocycles. The van der Waals surface area contributed by atoms with E-state index in [0.29, 0.717) is 0 Å². The standard InChI is InChI=1S/C16H34N2O/c1-5-7-12-18(13-8-6-2)14-10-9-11-16(17-4)15(3)19/h16-17H,5-14H2,1-4H3/t16-/m0/s1. The van der Waals surface area contributed by atoms with E-state index >= 15 is 0 Å². The van der Waals surface area contributed by atoms with Gasteiger partial charge in [-0.3, -0.25) is 4.79 Å².